The molecule has 0 saturated carbocycles. The predicted molar refractivity (Wildman–Crippen MR) is 159 cm³/mol. The van der Waals surface area contributed by atoms with Crippen molar-refractivity contribution in [3.63, 3.8) is 0 Å². The molecule has 0 unspecified atom stereocenters. The van der Waals surface area contributed by atoms with E-state index < -0.39 is 34.9 Å². The molecule has 7 nitrogen and oxygen atoms in total. The topological polar surface area (TPSA) is 62.4 Å². The quantitative estimate of drug-likeness (QED) is 0.216. The Kier molecular flexibility index (Phi) is 8.47. The lowest BCUT2D eigenvalue weighted by Crippen LogP contribution is -2.57. The van der Waals surface area contributed by atoms with E-state index in [9.17, 15) is 18.3 Å². The first-order valence-electron chi connectivity index (χ1n) is 14.3. The molecule has 1 N–H and O–H groups in total. The van der Waals surface area contributed by atoms with E-state index in [-0.39, 0.29) is 18.7 Å². The third-order valence-corrected chi connectivity index (χ3v) is 8.90. The number of para-hydroxylation sites is 1. The first kappa shape index (κ1) is 30.3. The minimum atomic E-state index is -1.71. The number of hydrogen-bond donors (Lipinski definition) is 1. The van der Waals surface area contributed by atoms with E-state index >= 15 is 4.39 Å². The monoisotopic (exact) mass is 626 g/mol. The summed E-state index contributed by atoms with van der Waals surface area (Å²) in [4.78, 5) is 8.31. The summed E-state index contributed by atoms with van der Waals surface area (Å²) in [6.07, 6.45) is 4.75. The Morgan fingerprint density at radius 1 is 0.909 bits per heavy atom. The van der Waals surface area contributed by atoms with Gasteiger partial charge in [-0.2, -0.15) is 5.10 Å². The number of rotatable bonds is 9. The number of piperazine rings is 1. The number of aromatic nitrogens is 4. The summed E-state index contributed by atoms with van der Waals surface area (Å²) >= 11 is 6.59. The van der Waals surface area contributed by atoms with Crippen LogP contribution in [0.3, 0.4) is 0 Å². The highest BCUT2D eigenvalue weighted by molar-refractivity contribution is 6.35. The number of aliphatic hydroxyl groups is 1. The molecule has 6 rings (SSSR count). The molecule has 0 bridgehead atoms. The fourth-order valence-corrected chi connectivity index (χ4v) is 6.45. The summed E-state index contributed by atoms with van der Waals surface area (Å²) in [7, 11) is 0. The van der Waals surface area contributed by atoms with Crippen LogP contribution >= 0.6 is 11.6 Å². The second kappa shape index (κ2) is 12.3. The van der Waals surface area contributed by atoms with Gasteiger partial charge in [-0.1, -0.05) is 35.9 Å². The van der Waals surface area contributed by atoms with E-state index in [0.717, 1.165) is 34.7 Å². The minimum absolute atomic E-state index is 0.00777. The molecule has 0 radical (unpaired) electrons. The number of hydrogen-bond acceptors (Lipinski definition) is 5. The van der Waals surface area contributed by atoms with Crippen molar-refractivity contribution in [2.75, 3.05) is 26.2 Å². The van der Waals surface area contributed by atoms with Crippen LogP contribution in [0.25, 0.3) is 10.9 Å². The van der Waals surface area contributed by atoms with Crippen LogP contribution in [0.4, 0.5) is 17.6 Å². The normalized spacial score (nSPS) is 16.8. The number of benzene rings is 3. The molecule has 2 aromatic heterocycles. The molecule has 1 aliphatic rings. The molecule has 2 atom stereocenters. The van der Waals surface area contributed by atoms with Gasteiger partial charge in [-0.3, -0.25) is 9.80 Å². The van der Waals surface area contributed by atoms with Crippen molar-refractivity contribution in [1.82, 2.24) is 29.1 Å². The van der Waals surface area contributed by atoms with E-state index in [4.69, 9.17) is 11.6 Å². The molecule has 5 aromatic rings. The van der Waals surface area contributed by atoms with Gasteiger partial charge >= 0.3 is 0 Å². The zero-order chi connectivity index (χ0) is 31.0. The largest absolute Gasteiger partial charge is 0.381 e. The zero-order valence-electron chi connectivity index (χ0n) is 24.0. The second-order valence-electron chi connectivity index (χ2n) is 11.3. The van der Waals surface area contributed by atoms with Crippen LogP contribution in [0, 0.1) is 23.3 Å². The molecule has 230 valence electrons. The van der Waals surface area contributed by atoms with Gasteiger partial charge in [0.05, 0.1) is 23.6 Å². The molecule has 12 heteroatoms. The number of nitrogens with zero attached hydrogens (tertiary/aromatic N) is 6. The summed E-state index contributed by atoms with van der Waals surface area (Å²) in [6, 6.07) is 11.9. The maximum atomic E-state index is 15.0. The van der Waals surface area contributed by atoms with Gasteiger partial charge in [-0.15, -0.1) is 0 Å². The summed E-state index contributed by atoms with van der Waals surface area (Å²) < 4.78 is 60.1. The van der Waals surface area contributed by atoms with Crippen molar-refractivity contribution in [3.05, 3.63) is 118 Å². The Morgan fingerprint density at radius 2 is 1.64 bits per heavy atom. The molecule has 1 aliphatic heterocycles. The van der Waals surface area contributed by atoms with Crippen LogP contribution in [0.5, 0.6) is 0 Å². The molecule has 3 heterocycles. The van der Waals surface area contributed by atoms with E-state index in [1.807, 2.05) is 29.8 Å². The summed E-state index contributed by atoms with van der Waals surface area (Å²) in [5.41, 5.74) is 0.426. The first-order valence-corrected chi connectivity index (χ1v) is 14.7. The Balaban J connectivity index is 1.20. The van der Waals surface area contributed by atoms with Gasteiger partial charge < -0.3 is 9.67 Å². The zero-order valence-corrected chi connectivity index (χ0v) is 24.7. The molecule has 0 amide bonds. The highest BCUT2D eigenvalue weighted by Gasteiger charge is 2.42. The fourth-order valence-electron chi connectivity index (χ4n) is 6.17. The van der Waals surface area contributed by atoms with Crippen molar-refractivity contribution >= 4 is 22.5 Å². The maximum absolute atomic E-state index is 15.0. The number of fused-ring (bicyclic) bond motifs is 1. The van der Waals surface area contributed by atoms with Crippen molar-refractivity contribution < 1.29 is 22.7 Å². The van der Waals surface area contributed by atoms with Gasteiger partial charge in [0.15, 0.2) is 0 Å². The van der Waals surface area contributed by atoms with E-state index in [1.165, 1.54) is 35.5 Å². The Labute approximate surface area is 256 Å². The van der Waals surface area contributed by atoms with Gasteiger partial charge in [-0.05, 0) is 30.7 Å². The maximum Gasteiger partial charge on any atom is 0.137 e. The highest BCUT2D eigenvalue weighted by atomic mass is 35.5. The van der Waals surface area contributed by atoms with Crippen molar-refractivity contribution in [3.8, 4) is 0 Å². The Bertz CT molecular complexity index is 1770. The van der Waals surface area contributed by atoms with Gasteiger partial charge in [0.25, 0.3) is 0 Å². The molecule has 1 fully saturated rings. The van der Waals surface area contributed by atoms with E-state index in [2.05, 4.69) is 19.9 Å². The van der Waals surface area contributed by atoms with Gasteiger partial charge in [0.1, 0.15) is 41.5 Å². The van der Waals surface area contributed by atoms with Gasteiger partial charge in [0.2, 0.25) is 0 Å². The lowest BCUT2D eigenvalue weighted by atomic mass is 9.85. The van der Waals surface area contributed by atoms with Crippen LogP contribution in [0.2, 0.25) is 5.02 Å². The lowest BCUT2D eigenvalue weighted by Gasteiger charge is -2.45. The Morgan fingerprint density at radius 3 is 2.32 bits per heavy atom. The van der Waals surface area contributed by atoms with Crippen molar-refractivity contribution in [1.29, 1.82) is 0 Å². The lowest BCUT2D eigenvalue weighted by molar-refractivity contribution is -0.0743. The van der Waals surface area contributed by atoms with Gasteiger partial charge in [0, 0.05) is 73.6 Å². The van der Waals surface area contributed by atoms with Gasteiger partial charge in [-0.25, -0.2) is 27.2 Å². The second-order valence-corrected chi connectivity index (χ2v) is 11.7. The third-order valence-electron chi connectivity index (χ3n) is 8.59. The van der Waals surface area contributed by atoms with Crippen LogP contribution in [-0.2, 0) is 25.2 Å². The predicted octanol–water partition coefficient (Wildman–Crippen LogP) is 5.59. The van der Waals surface area contributed by atoms with Crippen LogP contribution in [-0.4, -0.2) is 66.5 Å². The fraction of sp³-hybridized carbons (Fsp3) is 0.312. The average Bonchev–Trinajstić information content (AvgIpc) is 3.63. The molecule has 0 spiro atoms. The molecule has 44 heavy (non-hydrogen) atoms. The minimum Gasteiger partial charge on any atom is -0.381 e. The summed E-state index contributed by atoms with van der Waals surface area (Å²) in [6.45, 7) is 5.07. The molecular formula is C32H31ClF4N6O. The molecule has 3 aromatic carbocycles. The SMILES string of the molecule is C[C@@H](N1CCN(Cc2cn(Cc3ccc(F)cc3F)c3c(Cl)cccc23)CC1)[C@](O)(Cn1cncn1)c1ccc(F)cc1F. The van der Waals surface area contributed by atoms with Crippen LogP contribution < -0.4 is 0 Å². The summed E-state index contributed by atoms with van der Waals surface area (Å²) in [5.74, 6) is -2.79. The number of halogens is 5. The molecular weight excluding hydrogens is 596 g/mol. The third kappa shape index (κ3) is 5.97. The van der Waals surface area contributed by atoms with Crippen molar-refractivity contribution in [2.24, 2.45) is 0 Å². The highest BCUT2D eigenvalue weighted by Crippen LogP contribution is 2.34. The van der Waals surface area contributed by atoms with E-state index in [0.29, 0.717) is 43.3 Å². The summed E-state index contributed by atoms with van der Waals surface area (Å²) in [5, 5.41) is 17.6. The van der Waals surface area contributed by atoms with Crippen molar-refractivity contribution in [2.45, 2.75) is 38.2 Å². The van der Waals surface area contributed by atoms with E-state index in [1.54, 1.807) is 6.07 Å². The standard InChI is InChI=1S/C32H31ClF4N6O/c1-21(32(44,18-43-20-38-19-39-43)27-8-7-25(35)14-30(27)37)41-11-9-40(10-12-41)15-23-17-42(31-26(23)3-2-4-28(31)33)16-22-5-6-24(34)13-29(22)36/h2-8,13-14,17,19-21,44H,9-12,15-16,18H2,1H3/t21-,32-/m1/s1. The smallest absolute Gasteiger partial charge is 0.137 e. The average molecular weight is 627 g/mol. The van der Waals surface area contributed by atoms with Crippen LogP contribution in [0.15, 0.2) is 73.4 Å². The van der Waals surface area contributed by atoms with Crippen LogP contribution in [0.1, 0.15) is 23.6 Å². The first-order chi connectivity index (χ1) is 21.1. The Hall–Kier alpha value is -3.77. The molecule has 0 aliphatic carbocycles. The molecule has 1 saturated heterocycles.